The summed E-state index contributed by atoms with van der Waals surface area (Å²) in [6.45, 7) is 1.93. The van der Waals surface area contributed by atoms with Gasteiger partial charge < -0.3 is 10.6 Å². The first-order valence-corrected chi connectivity index (χ1v) is 7.88. The second-order valence-corrected chi connectivity index (χ2v) is 5.83. The third kappa shape index (κ3) is 4.94. The molecule has 1 aliphatic heterocycles. The van der Waals surface area contributed by atoms with E-state index in [9.17, 15) is 9.18 Å². The number of carbonyl (C=O) groups excluding carboxylic acids is 1. The summed E-state index contributed by atoms with van der Waals surface area (Å²) in [6, 6.07) is 4.73. The van der Waals surface area contributed by atoms with Crippen LogP contribution in [0.4, 0.5) is 10.1 Å². The summed E-state index contributed by atoms with van der Waals surface area (Å²) < 4.78 is 15.4. The first-order chi connectivity index (χ1) is 11.7. The first kappa shape index (κ1) is 19.2. The predicted molar refractivity (Wildman–Crippen MR) is 93.5 cm³/mol. The Kier molecular flexibility index (Phi) is 6.80. The molecule has 0 spiro atoms. The SMILES string of the molecule is CNC1CCCN(CC(=O)Nc2cc(-n3cnnn3)ccc2F)C1.Cl. The molecule has 1 atom stereocenters. The molecule has 8 nitrogen and oxygen atoms in total. The molecule has 1 saturated heterocycles. The summed E-state index contributed by atoms with van der Waals surface area (Å²) in [7, 11) is 1.92. The maximum atomic E-state index is 14.0. The highest BCUT2D eigenvalue weighted by molar-refractivity contribution is 5.92. The highest BCUT2D eigenvalue weighted by Crippen LogP contribution is 2.18. The van der Waals surface area contributed by atoms with Gasteiger partial charge in [0.05, 0.1) is 17.9 Å². The summed E-state index contributed by atoms with van der Waals surface area (Å²) in [5, 5.41) is 16.7. The van der Waals surface area contributed by atoms with Crippen molar-refractivity contribution in [2.45, 2.75) is 18.9 Å². The van der Waals surface area contributed by atoms with Crippen molar-refractivity contribution in [3.05, 3.63) is 30.3 Å². The van der Waals surface area contributed by atoms with Crippen molar-refractivity contribution in [3.63, 3.8) is 0 Å². The molecule has 10 heteroatoms. The van der Waals surface area contributed by atoms with E-state index in [-0.39, 0.29) is 30.5 Å². The van der Waals surface area contributed by atoms with E-state index >= 15 is 0 Å². The molecule has 1 amide bonds. The molecule has 136 valence electrons. The molecule has 2 heterocycles. The van der Waals surface area contributed by atoms with E-state index in [0.717, 1.165) is 25.9 Å². The number of aromatic nitrogens is 4. The summed E-state index contributed by atoms with van der Waals surface area (Å²) in [5.74, 6) is -0.730. The molecule has 1 aromatic carbocycles. The Morgan fingerprint density at radius 2 is 2.28 bits per heavy atom. The molecule has 2 aromatic rings. The van der Waals surface area contributed by atoms with Crippen molar-refractivity contribution in [1.82, 2.24) is 30.4 Å². The van der Waals surface area contributed by atoms with E-state index in [2.05, 4.69) is 31.1 Å². The fraction of sp³-hybridized carbons (Fsp3) is 0.467. The fourth-order valence-electron chi connectivity index (χ4n) is 2.86. The second-order valence-electron chi connectivity index (χ2n) is 5.83. The third-order valence-corrected chi connectivity index (χ3v) is 4.12. The highest BCUT2D eigenvalue weighted by Gasteiger charge is 2.20. The average molecular weight is 370 g/mol. The lowest BCUT2D eigenvalue weighted by Gasteiger charge is -2.31. The average Bonchev–Trinajstić information content (AvgIpc) is 3.11. The molecule has 0 bridgehead atoms. The topological polar surface area (TPSA) is 88.0 Å². The molecule has 1 aliphatic rings. The van der Waals surface area contributed by atoms with Crippen LogP contribution in [-0.4, -0.2) is 63.7 Å². The number of hydrogen-bond donors (Lipinski definition) is 2. The van der Waals surface area contributed by atoms with Gasteiger partial charge in [0.15, 0.2) is 0 Å². The van der Waals surface area contributed by atoms with Crippen molar-refractivity contribution in [2.75, 3.05) is 32.0 Å². The third-order valence-electron chi connectivity index (χ3n) is 4.12. The molecular weight excluding hydrogens is 349 g/mol. The number of nitrogens with zero attached hydrogens (tertiary/aromatic N) is 5. The molecule has 3 rings (SSSR count). The Morgan fingerprint density at radius 3 is 3.00 bits per heavy atom. The molecule has 1 aromatic heterocycles. The number of tetrazole rings is 1. The molecule has 0 saturated carbocycles. The molecular formula is C15H21ClFN7O. The van der Waals surface area contributed by atoms with E-state index in [1.165, 1.54) is 23.1 Å². The van der Waals surface area contributed by atoms with E-state index < -0.39 is 5.82 Å². The van der Waals surface area contributed by atoms with Crippen LogP contribution in [0.25, 0.3) is 5.69 Å². The van der Waals surface area contributed by atoms with Crippen LogP contribution in [0.5, 0.6) is 0 Å². The van der Waals surface area contributed by atoms with Crippen LogP contribution in [0.3, 0.4) is 0 Å². The van der Waals surface area contributed by atoms with Gasteiger partial charge in [-0.15, -0.1) is 17.5 Å². The smallest absolute Gasteiger partial charge is 0.238 e. The highest BCUT2D eigenvalue weighted by atomic mass is 35.5. The second kappa shape index (κ2) is 8.84. The summed E-state index contributed by atoms with van der Waals surface area (Å²) in [5.41, 5.74) is 0.695. The minimum Gasteiger partial charge on any atom is -0.322 e. The van der Waals surface area contributed by atoms with Gasteiger partial charge in [0.25, 0.3) is 0 Å². The van der Waals surface area contributed by atoms with Gasteiger partial charge >= 0.3 is 0 Å². The van der Waals surface area contributed by atoms with Crippen molar-refractivity contribution in [2.24, 2.45) is 0 Å². The monoisotopic (exact) mass is 369 g/mol. The van der Waals surface area contributed by atoms with E-state index in [4.69, 9.17) is 0 Å². The van der Waals surface area contributed by atoms with Crippen LogP contribution in [-0.2, 0) is 4.79 Å². The number of anilines is 1. The van der Waals surface area contributed by atoms with Gasteiger partial charge in [-0.1, -0.05) is 0 Å². The number of benzene rings is 1. The Labute approximate surface area is 151 Å². The molecule has 1 fully saturated rings. The van der Waals surface area contributed by atoms with Gasteiger partial charge in [0.1, 0.15) is 12.1 Å². The van der Waals surface area contributed by atoms with E-state index in [1.54, 1.807) is 6.07 Å². The van der Waals surface area contributed by atoms with Crippen LogP contribution in [0.2, 0.25) is 0 Å². The Balaban J connectivity index is 0.00000225. The van der Waals surface area contributed by atoms with Crippen LogP contribution in [0.15, 0.2) is 24.5 Å². The zero-order chi connectivity index (χ0) is 16.9. The number of likely N-dealkylation sites (tertiary alicyclic amines) is 1. The van der Waals surface area contributed by atoms with Crippen molar-refractivity contribution in [1.29, 1.82) is 0 Å². The largest absolute Gasteiger partial charge is 0.322 e. The number of halogens is 2. The Bertz CT molecular complexity index is 697. The zero-order valence-electron chi connectivity index (χ0n) is 13.9. The quantitative estimate of drug-likeness (QED) is 0.812. The molecule has 1 unspecified atom stereocenters. The van der Waals surface area contributed by atoms with Gasteiger partial charge in [0.2, 0.25) is 5.91 Å². The number of rotatable bonds is 5. The normalized spacial score (nSPS) is 17.8. The molecule has 0 radical (unpaired) electrons. The number of nitrogens with one attached hydrogen (secondary N) is 2. The van der Waals surface area contributed by atoms with Crippen LogP contribution >= 0.6 is 12.4 Å². The van der Waals surface area contributed by atoms with Gasteiger partial charge in [-0.3, -0.25) is 9.69 Å². The molecule has 0 aliphatic carbocycles. The predicted octanol–water partition coefficient (Wildman–Crippen LogP) is 0.845. The molecule has 25 heavy (non-hydrogen) atoms. The standard InChI is InChI=1S/C15H20FN7O.ClH/c1-17-11-3-2-6-22(8-11)9-15(24)19-14-7-12(4-5-13(14)16)23-10-18-20-21-23;/h4-5,7,10-11,17H,2-3,6,8-9H2,1H3,(H,19,24);1H. The lowest BCUT2D eigenvalue weighted by molar-refractivity contribution is -0.117. The first-order valence-electron chi connectivity index (χ1n) is 7.88. The van der Waals surface area contributed by atoms with Crippen molar-refractivity contribution >= 4 is 24.0 Å². The van der Waals surface area contributed by atoms with E-state index in [1.807, 2.05) is 7.05 Å². The van der Waals surface area contributed by atoms with Gasteiger partial charge in [0, 0.05) is 12.6 Å². The number of amides is 1. The van der Waals surface area contributed by atoms with Crippen molar-refractivity contribution in [3.8, 4) is 5.69 Å². The minimum absolute atomic E-state index is 0. The lowest BCUT2D eigenvalue weighted by atomic mass is 10.1. The summed E-state index contributed by atoms with van der Waals surface area (Å²) in [6.07, 6.45) is 3.56. The van der Waals surface area contributed by atoms with Crippen LogP contribution in [0.1, 0.15) is 12.8 Å². The lowest BCUT2D eigenvalue weighted by Crippen LogP contribution is -2.46. The zero-order valence-corrected chi connectivity index (χ0v) is 14.7. The summed E-state index contributed by atoms with van der Waals surface area (Å²) >= 11 is 0. The van der Waals surface area contributed by atoms with Crippen molar-refractivity contribution < 1.29 is 9.18 Å². The van der Waals surface area contributed by atoms with Gasteiger partial charge in [-0.2, -0.15) is 0 Å². The Hall–Kier alpha value is -2.10. The maximum Gasteiger partial charge on any atom is 0.238 e. The van der Waals surface area contributed by atoms with Gasteiger partial charge in [-0.25, -0.2) is 9.07 Å². The van der Waals surface area contributed by atoms with E-state index in [0.29, 0.717) is 11.7 Å². The summed E-state index contributed by atoms with van der Waals surface area (Å²) in [4.78, 5) is 14.3. The number of piperidine rings is 1. The maximum absolute atomic E-state index is 14.0. The van der Waals surface area contributed by atoms with Crippen LogP contribution < -0.4 is 10.6 Å². The van der Waals surface area contributed by atoms with Gasteiger partial charge in [-0.05, 0) is 55.1 Å². The Morgan fingerprint density at radius 1 is 1.44 bits per heavy atom. The number of carbonyl (C=O) groups is 1. The minimum atomic E-state index is -0.494. The number of likely N-dealkylation sites (N-methyl/N-ethyl adjacent to an activating group) is 1. The van der Waals surface area contributed by atoms with Crippen LogP contribution in [0, 0.1) is 5.82 Å². The number of hydrogen-bond acceptors (Lipinski definition) is 6. The molecule has 2 N–H and O–H groups in total. The fourth-order valence-corrected chi connectivity index (χ4v) is 2.86.